The Morgan fingerprint density at radius 3 is 2.45 bits per heavy atom. The SMILES string of the molecule is Cc1nn(CC(=O)Nc2cc(C(F)(F)F)n(C)n2)c(C)c1Cl. The van der Waals surface area contributed by atoms with Gasteiger partial charge in [-0.05, 0) is 13.8 Å². The van der Waals surface area contributed by atoms with Crippen molar-refractivity contribution in [3.05, 3.63) is 28.2 Å². The van der Waals surface area contributed by atoms with Crippen LogP contribution in [0.4, 0.5) is 19.0 Å². The third-order valence-corrected chi connectivity index (χ3v) is 3.57. The number of carbonyl (C=O) groups is 1. The van der Waals surface area contributed by atoms with Gasteiger partial charge in [-0.1, -0.05) is 11.6 Å². The van der Waals surface area contributed by atoms with Gasteiger partial charge < -0.3 is 5.32 Å². The molecule has 2 aromatic rings. The fraction of sp³-hybridized carbons (Fsp3) is 0.417. The van der Waals surface area contributed by atoms with E-state index in [4.69, 9.17) is 11.6 Å². The van der Waals surface area contributed by atoms with Crippen molar-refractivity contribution < 1.29 is 18.0 Å². The van der Waals surface area contributed by atoms with Crippen LogP contribution in [0.5, 0.6) is 0 Å². The van der Waals surface area contributed by atoms with Crippen molar-refractivity contribution in [1.29, 1.82) is 0 Å². The van der Waals surface area contributed by atoms with Crippen molar-refractivity contribution in [3.8, 4) is 0 Å². The monoisotopic (exact) mass is 335 g/mol. The summed E-state index contributed by atoms with van der Waals surface area (Å²) in [5, 5.41) is 10.4. The lowest BCUT2D eigenvalue weighted by Crippen LogP contribution is -2.20. The maximum absolute atomic E-state index is 12.6. The first-order chi connectivity index (χ1) is 10.1. The van der Waals surface area contributed by atoms with Crippen LogP contribution in [0.25, 0.3) is 0 Å². The molecule has 6 nitrogen and oxygen atoms in total. The normalized spacial score (nSPS) is 11.8. The van der Waals surface area contributed by atoms with E-state index < -0.39 is 17.8 Å². The van der Waals surface area contributed by atoms with Gasteiger partial charge in [0.25, 0.3) is 0 Å². The Kier molecular flexibility index (Phi) is 4.19. The molecule has 10 heteroatoms. The third-order valence-electron chi connectivity index (χ3n) is 3.02. The van der Waals surface area contributed by atoms with E-state index in [-0.39, 0.29) is 12.4 Å². The zero-order chi connectivity index (χ0) is 16.7. The van der Waals surface area contributed by atoms with Crippen LogP contribution < -0.4 is 5.32 Å². The van der Waals surface area contributed by atoms with Crippen molar-refractivity contribution in [3.63, 3.8) is 0 Å². The number of rotatable bonds is 3. The summed E-state index contributed by atoms with van der Waals surface area (Å²) in [4.78, 5) is 11.9. The van der Waals surface area contributed by atoms with E-state index in [9.17, 15) is 18.0 Å². The first-order valence-corrected chi connectivity index (χ1v) is 6.58. The van der Waals surface area contributed by atoms with E-state index in [0.717, 1.165) is 13.1 Å². The molecule has 120 valence electrons. The molecular formula is C12H13ClF3N5O. The lowest BCUT2D eigenvalue weighted by Gasteiger charge is -2.04. The Labute approximate surface area is 128 Å². The summed E-state index contributed by atoms with van der Waals surface area (Å²) < 4.78 is 40.0. The number of halogens is 4. The Hall–Kier alpha value is -2.03. The molecule has 0 aromatic carbocycles. The zero-order valence-corrected chi connectivity index (χ0v) is 12.7. The molecule has 2 aromatic heterocycles. The summed E-state index contributed by atoms with van der Waals surface area (Å²) in [6.07, 6.45) is -4.53. The Morgan fingerprint density at radius 2 is 2.00 bits per heavy atom. The Balaban J connectivity index is 2.11. The maximum atomic E-state index is 12.6. The average Bonchev–Trinajstić information content (AvgIpc) is 2.85. The summed E-state index contributed by atoms with van der Waals surface area (Å²) in [5.41, 5.74) is 0.229. The van der Waals surface area contributed by atoms with E-state index in [1.807, 2.05) is 0 Å². The molecule has 0 fully saturated rings. The van der Waals surface area contributed by atoms with Crippen molar-refractivity contribution in [2.45, 2.75) is 26.6 Å². The smallest absolute Gasteiger partial charge is 0.308 e. The highest BCUT2D eigenvalue weighted by atomic mass is 35.5. The first-order valence-electron chi connectivity index (χ1n) is 6.20. The van der Waals surface area contributed by atoms with Crippen LogP contribution in [0, 0.1) is 13.8 Å². The molecule has 0 radical (unpaired) electrons. The molecule has 0 saturated carbocycles. The van der Waals surface area contributed by atoms with Gasteiger partial charge in [0.2, 0.25) is 5.91 Å². The number of hydrogen-bond donors (Lipinski definition) is 1. The number of aromatic nitrogens is 4. The van der Waals surface area contributed by atoms with Gasteiger partial charge in [0, 0.05) is 13.1 Å². The second kappa shape index (κ2) is 5.64. The molecule has 0 aliphatic rings. The first kappa shape index (κ1) is 16.3. The lowest BCUT2D eigenvalue weighted by atomic mass is 10.4. The summed E-state index contributed by atoms with van der Waals surface area (Å²) in [6.45, 7) is 3.22. The summed E-state index contributed by atoms with van der Waals surface area (Å²) in [5.74, 6) is -0.721. The van der Waals surface area contributed by atoms with E-state index >= 15 is 0 Å². The summed E-state index contributed by atoms with van der Waals surface area (Å²) in [7, 11) is 1.15. The molecule has 0 aliphatic carbocycles. The van der Waals surface area contributed by atoms with Gasteiger partial charge in [-0.15, -0.1) is 0 Å². The number of amides is 1. The number of aryl methyl sites for hydroxylation is 2. The topological polar surface area (TPSA) is 64.7 Å². The van der Waals surface area contributed by atoms with Crippen molar-refractivity contribution in [2.75, 3.05) is 5.32 Å². The van der Waals surface area contributed by atoms with Gasteiger partial charge >= 0.3 is 6.18 Å². The number of nitrogens with one attached hydrogen (secondary N) is 1. The number of anilines is 1. The van der Waals surface area contributed by atoms with Crippen molar-refractivity contribution in [1.82, 2.24) is 19.6 Å². The molecule has 0 bridgehead atoms. The van der Waals surface area contributed by atoms with Gasteiger partial charge in [0.05, 0.1) is 16.4 Å². The summed E-state index contributed by atoms with van der Waals surface area (Å²) in [6, 6.07) is 0.770. The predicted octanol–water partition coefficient (Wildman–Crippen LogP) is 2.54. The molecule has 22 heavy (non-hydrogen) atoms. The number of hydrogen-bond acceptors (Lipinski definition) is 3. The number of nitrogens with zero attached hydrogens (tertiary/aromatic N) is 4. The molecule has 0 saturated heterocycles. The Bertz CT molecular complexity index is 719. The van der Waals surface area contributed by atoms with Crippen LogP contribution in [0.3, 0.4) is 0 Å². The second-order valence-corrected chi connectivity index (χ2v) is 5.10. The van der Waals surface area contributed by atoms with E-state index in [1.54, 1.807) is 13.8 Å². The Morgan fingerprint density at radius 1 is 1.36 bits per heavy atom. The maximum Gasteiger partial charge on any atom is 0.433 e. The minimum Gasteiger partial charge on any atom is -0.308 e. The van der Waals surface area contributed by atoms with Crippen LogP contribution >= 0.6 is 11.6 Å². The molecule has 2 heterocycles. The van der Waals surface area contributed by atoms with Crippen LogP contribution in [-0.2, 0) is 24.6 Å². The molecule has 1 amide bonds. The van der Waals surface area contributed by atoms with Gasteiger partial charge in [0.1, 0.15) is 12.2 Å². The van der Waals surface area contributed by atoms with Gasteiger partial charge in [-0.25, -0.2) is 0 Å². The quantitative estimate of drug-likeness (QED) is 0.937. The number of carbonyl (C=O) groups excluding carboxylic acids is 1. The molecule has 0 spiro atoms. The van der Waals surface area contributed by atoms with Crippen molar-refractivity contribution in [2.24, 2.45) is 7.05 Å². The largest absolute Gasteiger partial charge is 0.433 e. The van der Waals surface area contributed by atoms with Gasteiger partial charge in [0.15, 0.2) is 5.82 Å². The zero-order valence-electron chi connectivity index (χ0n) is 12.0. The van der Waals surface area contributed by atoms with Gasteiger partial charge in [-0.2, -0.15) is 23.4 Å². The second-order valence-electron chi connectivity index (χ2n) is 4.73. The average molecular weight is 336 g/mol. The van der Waals surface area contributed by atoms with Crippen LogP contribution in [-0.4, -0.2) is 25.5 Å². The third kappa shape index (κ3) is 3.24. The van der Waals surface area contributed by atoms with E-state index in [1.165, 1.54) is 4.68 Å². The fourth-order valence-electron chi connectivity index (χ4n) is 1.94. The van der Waals surface area contributed by atoms with Crippen LogP contribution in [0.15, 0.2) is 6.07 Å². The fourth-order valence-corrected chi connectivity index (χ4v) is 2.08. The minimum atomic E-state index is -4.53. The minimum absolute atomic E-state index is 0.169. The summed E-state index contributed by atoms with van der Waals surface area (Å²) >= 11 is 5.96. The highest BCUT2D eigenvalue weighted by Crippen LogP contribution is 2.30. The molecule has 0 atom stereocenters. The molecule has 1 N–H and O–H groups in total. The molecule has 0 unspecified atom stereocenters. The van der Waals surface area contributed by atoms with Crippen LogP contribution in [0.1, 0.15) is 17.1 Å². The highest BCUT2D eigenvalue weighted by molar-refractivity contribution is 6.31. The van der Waals surface area contributed by atoms with Crippen molar-refractivity contribution >= 4 is 23.3 Å². The predicted molar refractivity (Wildman–Crippen MR) is 73.6 cm³/mol. The highest BCUT2D eigenvalue weighted by Gasteiger charge is 2.35. The van der Waals surface area contributed by atoms with Gasteiger partial charge in [-0.3, -0.25) is 14.2 Å². The number of alkyl halides is 3. The standard InChI is InChI=1S/C12H13ClF3N5O/c1-6-11(13)7(2)21(18-6)5-10(22)17-9-4-8(12(14,15)16)20(3)19-9/h4H,5H2,1-3H3,(H,17,19,22). The van der Waals surface area contributed by atoms with E-state index in [2.05, 4.69) is 15.5 Å². The molecule has 2 rings (SSSR count). The molecule has 0 aliphatic heterocycles. The molecular weight excluding hydrogens is 323 g/mol. The van der Waals surface area contributed by atoms with Crippen LogP contribution in [0.2, 0.25) is 5.02 Å². The van der Waals surface area contributed by atoms with E-state index in [0.29, 0.717) is 21.1 Å². The lowest BCUT2D eigenvalue weighted by molar-refractivity contribution is -0.143.